The zero-order valence-corrected chi connectivity index (χ0v) is 16.7. The summed E-state index contributed by atoms with van der Waals surface area (Å²) in [6.45, 7) is 5.54. The lowest BCUT2D eigenvalue weighted by atomic mass is 9.91. The van der Waals surface area contributed by atoms with Gasteiger partial charge in [-0.15, -0.1) is 0 Å². The van der Waals surface area contributed by atoms with E-state index in [4.69, 9.17) is 0 Å². The van der Waals surface area contributed by atoms with E-state index in [0.29, 0.717) is 30.6 Å². The summed E-state index contributed by atoms with van der Waals surface area (Å²) in [5.41, 5.74) is 0.662. The minimum Gasteiger partial charge on any atom is -0.338 e. The minimum absolute atomic E-state index is 0.0206. The number of hydrogen-bond donors (Lipinski definition) is 0. The van der Waals surface area contributed by atoms with Crippen LogP contribution < -0.4 is 4.31 Å². The molecule has 0 N–H and O–H groups in total. The van der Waals surface area contributed by atoms with Gasteiger partial charge in [0.05, 0.1) is 17.4 Å². The van der Waals surface area contributed by atoms with E-state index in [2.05, 4.69) is 18.8 Å². The number of pyridine rings is 1. The lowest BCUT2D eigenvalue weighted by Gasteiger charge is -2.35. The Bertz CT molecular complexity index is 905. The first kappa shape index (κ1) is 19.4. The number of sulfonamides is 1. The third-order valence-electron chi connectivity index (χ3n) is 4.92. The number of carbonyl (C=O) groups excluding carboxylic acids is 1. The normalized spacial score (nSPS) is 20.3. The lowest BCUT2D eigenvalue weighted by molar-refractivity contribution is 0.0619. The number of benzene rings is 1. The molecule has 0 radical (unpaired) electrons. The van der Waals surface area contributed by atoms with E-state index in [1.165, 1.54) is 19.3 Å². The van der Waals surface area contributed by atoms with E-state index in [9.17, 15) is 13.2 Å². The van der Waals surface area contributed by atoms with Crippen molar-refractivity contribution in [3.8, 4) is 0 Å². The number of likely N-dealkylation sites (tertiary alicyclic amines) is 1. The Morgan fingerprint density at radius 2 is 1.78 bits per heavy atom. The summed E-state index contributed by atoms with van der Waals surface area (Å²) in [4.78, 5) is 18.9. The van der Waals surface area contributed by atoms with Crippen LogP contribution in [0.15, 0.2) is 53.7 Å². The van der Waals surface area contributed by atoms with E-state index < -0.39 is 10.0 Å². The summed E-state index contributed by atoms with van der Waals surface area (Å²) in [5.74, 6) is 0.575. The van der Waals surface area contributed by atoms with Crippen LogP contribution in [0.2, 0.25) is 0 Å². The first-order valence-corrected chi connectivity index (χ1v) is 10.5. The van der Waals surface area contributed by atoms with Crippen LogP contribution in [0.5, 0.6) is 0 Å². The van der Waals surface area contributed by atoms with Gasteiger partial charge < -0.3 is 4.90 Å². The molecule has 6 nitrogen and oxygen atoms in total. The van der Waals surface area contributed by atoms with Gasteiger partial charge in [0.2, 0.25) is 0 Å². The van der Waals surface area contributed by atoms with Crippen molar-refractivity contribution in [1.82, 2.24) is 9.88 Å². The number of aromatic nitrogens is 1. The average molecular weight is 388 g/mol. The number of nitrogens with zero attached hydrogens (tertiary/aromatic N) is 3. The van der Waals surface area contributed by atoms with Gasteiger partial charge in [0.1, 0.15) is 4.90 Å². The van der Waals surface area contributed by atoms with E-state index >= 15 is 0 Å². The summed E-state index contributed by atoms with van der Waals surface area (Å²) in [7, 11) is -2.42. The number of amides is 1. The van der Waals surface area contributed by atoms with E-state index in [1.54, 1.807) is 41.4 Å². The molecule has 1 aliphatic rings. The summed E-state index contributed by atoms with van der Waals surface area (Å²) in [6, 6.07) is 9.77. The molecule has 0 aliphatic carbocycles. The average Bonchev–Trinajstić information content (AvgIpc) is 2.66. The molecule has 2 heterocycles. The third-order valence-corrected chi connectivity index (χ3v) is 6.77. The van der Waals surface area contributed by atoms with Gasteiger partial charge in [-0.05, 0) is 42.5 Å². The van der Waals surface area contributed by atoms with Crippen molar-refractivity contribution < 1.29 is 13.2 Å². The quantitative estimate of drug-likeness (QED) is 0.809. The first-order chi connectivity index (χ1) is 12.8. The Balaban J connectivity index is 1.97. The smallest absolute Gasteiger partial charge is 0.264 e. The molecule has 1 aromatic heterocycles. The Morgan fingerprint density at radius 3 is 2.41 bits per heavy atom. The Morgan fingerprint density at radius 1 is 1.11 bits per heavy atom. The van der Waals surface area contributed by atoms with Crippen LogP contribution in [0.4, 0.5) is 5.69 Å². The highest BCUT2D eigenvalue weighted by molar-refractivity contribution is 7.92. The highest BCUT2D eigenvalue weighted by atomic mass is 32.2. The van der Waals surface area contributed by atoms with Gasteiger partial charge in [-0.25, -0.2) is 8.42 Å². The van der Waals surface area contributed by atoms with Crippen LogP contribution in [-0.2, 0) is 10.0 Å². The fourth-order valence-corrected chi connectivity index (χ4v) is 5.06. The van der Waals surface area contributed by atoms with Gasteiger partial charge in [0.15, 0.2) is 0 Å². The Kier molecular flexibility index (Phi) is 5.51. The number of rotatable bonds is 4. The number of carbonyl (C=O) groups is 1. The molecule has 2 unspecified atom stereocenters. The number of piperidine rings is 1. The van der Waals surface area contributed by atoms with Gasteiger partial charge in [-0.3, -0.25) is 14.1 Å². The van der Waals surface area contributed by atoms with Crippen LogP contribution in [0.25, 0.3) is 0 Å². The van der Waals surface area contributed by atoms with Crippen molar-refractivity contribution in [3.05, 3.63) is 54.4 Å². The first-order valence-electron chi connectivity index (χ1n) is 9.08. The van der Waals surface area contributed by atoms with Gasteiger partial charge in [-0.2, -0.15) is 0 Å². The molecule has 1 saturated heterocycles. The number of anilines is 1. The maximum absolute atomic E-state index is 13.2. The molecule has 3 rings (SSSR count). The van der Waals surface area contributed by atoms with Crippen molar-refractivity contribution >= 4 is 21.6 Å². The van der Waals surface area contributed by atoms with E-state index in [-0.39, 0.29) is 16.4 Å². The third kappa shape index (κ3) is 3.98. The second-order valence-corrected chi connectivity index (χ2v) is 9.27. The largest absolute Gasteiger partial charge is 0.338 e. The summed E-state index contributed by atoms with van der Waals surface area (Å²) in [5, 5.41) is 0. The van der Waals surface area contributed by atoms with E-state index in [1.807, 2.05) is 0 Å². The van der Waals surface area contributed by atoms with Gasteiger partial charge in [0.25, 0.3) is 15.9 Å². The Labute approximate surface area is 160 Å². The fourth-order valence-electron chi connectivity index (χ4n) is 3.69. The highest BCUT2D eigenvalue weighted by Crippen LogP contribution is 2.27. The number of hydrogen-bond acceptors (Lipinski definition) is 4. The van der Waals surface area contributed by atoms with Gasteiger partial charge in [0, 0.05) is 26.3 Å². The molecular weight excluding hydrogens is 362 g/mol. The zero-order chi connectivity index (χ0) is 19.6. The molecule has 0 saturated carbocycles. The predicted octanol–water partition coefficient (Wildman–Crippen LogP) is 3.02. The Hall–Kier alpha value is -2.41. The fraction of sp³-hybridized carbons (Fsp3) is 0.400. The molecule has 144 valence electrons. The van der Waals surface area contributed by atoms with Crippen molar-refractivity contribution in [1.29, 1.82) is 0 Å². The second kappa shape index (κ2) is 7.68. The second-order valence-electron chi connectivity index (χ2n) is 7.34. The van der Waals surface area contributed by atoms with E-state index in [0.717, 1.165) is 10.7 Å². The molecule has 27 heavy (non-hydrogen) atoms. The van der Waals surface area contributed by atoms with Crippen LogP contribution in [0, 0.1) is 11.8 Å². The molecule has 1 aromatic carbocycles. The predicted molar refractivity (Wildman–Crippen MR) is 105 cm³/mol. The van der Waals surface area contributed by atoms with Crippen LogP contribution in [0.3, 0.4) is 0 Å². The van der Waals surface area contributed by atoms with Crippen LogP contribution in [-0.4, -0.2) is 44.3 Å². The van der Waals surface area contributed by atoms with Gasteiger partial charge >= 0.3 is 0 Å². The van der Waals surface area contributed by atoms with Crippen molar-refractivity contribution in [2.45, 2.75) is 25.2 Å². The standard InChI is InChI=1S/C20H25N3O3S/c1-15-11-16(2)14-23(13-15)20(24)18-8-4-5-9-19(18)27(25,26)22(3)17-7-6-10-21-12-17/h4-10,12,15-16H,11,13-14H2,1-3H3. The lowest BCUT2D eigenvalue weighted by Crippen LogP contribution is -2.43. The molecule has 1 fully saturated rings. The summed E-state index contributed by atoms with van der Waals surface area (Å²) in [6.07, 6.45) is 4.14. The van der Waals surface area contributed by atoms with Crippen LogP contribution >= 0.6 is 0 Å². The highest BCUT2D eigenvalue weighted by Gasteiger charge is 2.31. The maximum atomic E-state index is 13.2. The van der Waals surface area contributed by atoms with Crippen molar-refractivity contribution in [2.24, 2.45) is 11.8 Å². The molecule has 1 aliphatic heterocycles. The van der Waals surface area contributed by atoms with Gasteiger partial charge in [-0.1, -0.05) is 26.0 Å². The molecule has 7 heteroatoms. The van der Waals surface area contributed by atoms with Crippen molar-refractivity contribution in [2.75, 3.05) is 24.4 Å². The topological polar surface area (TPSA) is 70.6 Å². The van der Waals surface area contributed by atoms with Crippen LogP contribution in [0.1, 0.15) is 30.6 Å². The molecular formula is C20H25N3O3S. The SMILES string of the molecule is CC1CC(C)CN(C(=O)c2ccccc2S(=O)(=O)N(C)c2cccnc2)C1. The summed E-state index contributed by atoms with van der Waals surface area (Å²) < 4.78 is 27.6. The maximum Gasteiger partial charge on any atom is 0.264 e. The minimum atomic E-state index is -3.89. The molecule has 0 bridgehead atoms. The molecule has 2 aromatic rings. The molecule has 0 spiro atoms. The molecule has 2 atom stereocenters. The molecule has 1 amide bonds. The zero-order valence-electron chi connectivity index (χ0n) is 15.9. The summed E-state index contributed by atoms with van der Waals surface area (Å²) >= 11 is 0. The monoisotopic (exact) mass is 387 g/mol. The van der Waals surface area contributed by atoms with Crippen molar-refractivity contribution in [3.63, 3.8) is 0 Å².